The van der Waals surface area contributed by atoms with E-state index < -0.39 is 5.97 Å². The molecule has 0 heterocycles. The summed E-state index contributed by atoms with van der Waals surface area (Å²) in [6.45, 7) is 0.114. The minimum atomic E-state index is -0.734. The van der Waals surface area contributed by atoms with Crippen LogP contribution in [0.15, 0.2) is 0 Å². The molecule has 94 valence electrons. The second kappa shape index (κ2) is 7.66. The van der Waals surface area contributed by atoms with Crippen LogP contribution in [0.5, 0.6) is 0 Å². The fourth-order valence-electron chi connectivity index (χ4n) is 2.73. The number of aliphatic hydroxyl groups is 1. The fraction of sp³-hybridized carbons (Fsp3) is 0.923. The van der Waals surface area contributed by atoms with E-state index in [4.69, 9.17) is 10.2 Å². The zero-order chi connectivity index (χ0) is 11.8. The third-order valence-corrected chi connectivity index (χ3v) is 3.71. The maximum atomic E-state index is 10.7. The van der Waals surface area contributed by atoms with Gasteiger partial charge in [0.15, 0.2) is 0 Å². The molecule has 0 spiro atoms. The van der Waals surface area contributed by atoms with Crippen molar-refractivity contribution in [3.8, 4) is 0 Å². The second-order valence-electron chi connectivity index (χ2n) is 5.06. The number of carbonyl (C=O) groups is 1. The lowest BCUT2D eigenvalue weighted by atomic mass is 9.83. The number of aliphatic hydroxyl groups excluding tert-OH is 1. The van der Waals surface area contributed by atoms with Gasteiger partial charge in [-0.15, -0.1) is 0 Å². The van der Waals surface area contributed by atoms with Gasteiger partial charge in [-0.3, -0.25) is 4.79 Å². The van der Waals surface area contributed by atoms with Crippen LogP contribution in [-0.4, -0.2) is 22.8 Å². The molecule has 1 rings (SSSR count). The molecule has 1 unspecified atom stereocenters. The van der Waals surface area contributed by atoms with E-state index in [2.05, 4.69) is 0 Å². The van der Waals surface area contributed by atoms with Crippen molar-refractivity contribution in [1.29, 1.82) is 0 Å². The highest BCUT2D eigenvalue weighted by Crippen LogP contribution is 2.29. The lowest BCUT2D eigenvalue weighted by Crippen LogP contribution is -2.13. The quantitative estimate of drug-likeness (QED) is 0.704. The Bertz CT molecular complexity index is 197. The Morgan fingerprint density at radius 2 is 1.88 bits per heavy atom. The summed E-state index contributed by atoms with van der Waals surface area (Å²) in [6, 6.07) is 0. The Morgan fingerprint density at radius 1 is 1.19 bits per heavy atom. The molecular formula is C13H24O3. The van der Waals surface area contributed by atoms with E-state index in [-0.39, 0.29) is 18.9 Å². The first kappa shape index (κ1) is 13.5. The van der Waals surface area contributed by atoms with Crippen molar-refractivity contribution >= 4 is 5.97 Å². The molecule has 0 amide bonds. The van der Waals surface area contributed by atoms with Crippen LogP contribution in [0.1, 0.15) is 57.8 Å². The van der Waals surface area contributed by atoms with Crippen molar-refractivity contribution in [2.75, 3.05) is 6.61 Å². The summed E-state index contributed by atoms with van der Waals surface area (Å²) >= 11 is 0. The van der Waals surface area contributed by atoms with Crippen molar-refractivity contribution in [3.63, 3.8) is 0 Å². The zero-order valence-electron chi connectivity index (χ0n) is 10.0. The first-order chi connectivity index (χ1) is 7.72. The fourth-order valence-corrected chi connectivity index (χ4v) is 2.73. The highest BCUT2D eigenvalue weighted by molar-refractivity contribution is 5.66. The van der Waals surface area contributed by atoms with E-state index in [0.717, 1.165) is 18.8 Å². The third-order valence-electron chi connectivity index (χ3n) is 3.71. The van der Waals surface area contributed by atoms with E-state index in [1.165, 1.54) is 32.1 Å². The van der Waals surface area contributed by atoms with Gasteiger partial charge in [-0.05, 0) is 24.7 Å². The van der Waals surface area contributed by atoms with Crippen molar-refractivity contribution < 1.29 is 15.0 Å². The highest BCUT2D eigenvalue weighted by Gasteiger charge is 2.17. The Kier molecular flexibility index (Phi) is 6.46. The van der Waals surface area contributed by atoms with Crippen molar-refractivity contribution in [2.24, 2.45) is 11.8 Å². The molecule has 16 heavy (non-hydrogen) atoms. The molecule has 0 bridgehead atoms. The van der Waals surface area contributed by atoms with Crippen molar-refractivity contribution in [2.45, 2.75) is 57.8 Å². The average Bonchev–Trinajstić information content (AvgIpc) is 2.27. The molecular weight excluding hydrogens is 204 g/mol. The minimum absolute atomic E-state index is 0.114. The van der Waals surface area contributed by atoms with Crippen molar-refractivity contribution in [1.82, 2.24) is 0 Å². The summed E-state index contributed by atoms with van der Waals surface area (Å²) in [5.41, 5.74) is 0. The number of hydrogen-bond acceptors (Lipinski definition) is 2. The average molecular weight is 228 g/mol. The largest absolute Gasteiger partial charge is 0.481 e. The van der Waals surface area contributed by atoms with E-state index in [1.807, 2.05) is 0 Å². The summed E-state index contributed by atoms with van der Waals surface area (Å²) in [4.78, 5) is 10.7. The molecule has 0 saturated heterocycles. The van der Waals surface area contributed by atoms with Gasteiger partial charge in [-0.2, -0.15) is 0 Å². The molecule has 0 aromatic rings. The van der Waals surface area contributed by atoms with Crippen LogP contribution in [0.4, 0.5) is 0 Å². The summed E-state index contributed by atoms with van der Waals surface area (Å²) in [6.07, 6.45) is 9.66. The molecule has 1 saturated carbocycles. The Hall–Kier alpha value is -0.570. The highest BCUT2D eigenvalue weighted by atomic mass is 16.4. The van der Waals surface area contributed by atoms with Gasteiger partial charge in [0, 0.05) is 13.0 Å². The molecule has 3 heteroatoms. The molecule has 1 aliphatic carbocycles. The predicted octanol–water partition coefficient (Wildman–Crippen LogP) is 2.82. The molecule has 0 aromatic heterocycles. The minimum Gasteiger partial charge on any atom is -0.481 e. The smallest absolute Gasteiger partial charge is 0.303 e. The first-order valence-corrected chi connectivity index (χ1v) is 6.55. The van der Waals surface area contributed by atoms with Crippen LogP contribution in [0.3, 0.4) is 0 Å². The summed E-state index contributed by atoms with van der Waals surface area (Å²) < 4.78 is 0. The van der Waals surface area contributed by atoms with Crippen LogP contribution in [0.2, 0.25) is 0 Å². The molecule has 1 fully saturated rings. The van der Waals surface area contributed by atoms with Crippen LogP contribution in [-0.2, 0) is 4.79 Å². The normalized spacial score (nSPS) is 19.6. The van der Waals surface area contributed by atoms with Gasteiger partial charge < -0.3 is 10.2 Å². The lowest BCUT2D eigenvalue weighted by molar-refractivity contribution is -0.138. The van der Waals surface area contributed by atoms with Crippen LogP contribution in [0.25, 0.3) is 0 Å². The van der Waals surface area contributed by atoms with Gasteiger partial charge in [0.1, 0.15) is 0 Å². The van der Waals surface area contributed by atoms with Gasteiger partial charge >= 0.3 is 5.97 Å². The second-order valence-corrected chi connectivity index (χ2v) is 5.06. The van der Waals surface area contributed by atoms with Gasteiger partial charge in [0.25, 0.3) is 0 Å². The number of aliphatic carboxylic acids is 1. The molecule has 0 aromatic carbocycles. The number of rotatable bonds is 7. The monoisotopic (exact) mass is 228 g/mol. The van der Waals surface area contributed by atoms with Gasteiger partial charge in [-0.25, -0.2) is 0 Å². The zero-order valence-corrected chi connectivity index (χ0v) is 10.0. The maximum Gasteiger partial charge on any atom is 0.303 e. The van der Waals surface area contributed by atoms with Crippen LogP contribution in [0, 0.1) is 11.8 Å². The first-order valence-electron chi connectivity index (χ1n) is 6.55. The topological polar surface area (TPSA) is 57.5 Å². The summed E-state index contributed by atoms with van der Waals surface area (Å²) in [5.74, 6) is 0.246. The van der Waals surface area contributed by atoms with Crippen LogP contribution >= 0.6 is 0 Å². The molecule has 2 N–H and O–H groups in total. The molecule has 1 aliphatic rings. The Balaban J connectivity index is 2.21. The number of carboxylic acids is 1. The molecule has 0 aliphatic heterocycles. The number of hydrogen-bond donors (Lipinski definition) is 2. The van der Waals surface area contributed by atoms with E-state index in [0.29, 0.717) is 6.42 Å². The molecule has 3 nitrogen and oxygen atoms in total. The summed E-state index contributed by atoms with van der Waals surface area (Å²) in [7, 11) is 0. The van der Waals surface area contributed by atoms with E-state index in [9.17, 15) is 4.79 Å². The van der Waals surface area contributed by atoms with E-state index >= 15 is 0 Å². The van der Waals surface area contributed by atoms with Gasteiger partial charge in [0.05, 0.1) is 0 Å². The SMILES string of the molecule is O=C(O)CC(CCO)CCC1CCCCC1. The lowest BCUT2D eigenvalue weighted by Gasteiger charge is -2.23. The molecule has 1 atom stereocenters. The van der Waals surface area contributed by atoms with Gasteiger partial charge in [-0.1, -0.05) is 38.5 Å². The maximum absolute atomic E-state index is 10.7. The van der Waals surface area contributed by atoms with Crippen LogP contribution < -0.4 is 0 Å². The third kappa shape index (κ3) is 5.50. The van der Waals surface area contributed by atoms with Crippen molar-refractivity contribution in [3.05, 3.63) is 0 Å². The van der Waals surface area contributed by atoms with E-state index in [1.54, 1.807) is 0 Å². The Morgan fingerprint density at radius 3 is 2.44 bits per heavy atom. The number of carboxylic acid groups (broad SMARTS) is 1. The predicted molar refractivity (Wildman–Crippen MR) is 63.3 cm³/mol. The van der Waals surface area contributed by atoms with Gasteiger partial charge in [0.2, 0.25) is 0 Å². The molecule has 0 radical (unpaired) electrons. The Labute approximate surface area is 97.9 Å². The standard InChI is InChI=1S/C13H24O3/c14-9-8-12(10-13(15)16)7-6-11-4-2-1-3-5-11/h11-12,14H,1-10H2,(H,15,16). The summed E-state index contributed by atoms with van der Waals surface area (Å²) in [5, 5.41) is 17.7.